The second kappa shape index (κ2) is 10.3. The molecule has 0 aromatic heterocycles. The third-order valence-electron chi connectivity index (χ3n) is 4.74. The number of rotatable bonds is 7. The summed E-state index contributed by atoms with van der Waals surface area (Å²) >= 11 is 12.2. The summed E-state index contributed by atoms with van der Waals surface area (Å²) in [6.07, 6.45) is 0. The van der Waals surface area contributed by atoms with Crippen LogP contribution in [0.25, 0.3) is 0 Å². The molecule has 0 aliphatic heterocycles. The number of halogens is 2. The van der Waals surface area contributed by atoms with Gasteiger partial charge in [-0.25, -0.2) is 0 Å². The Kier molecular flexibility index (Phi) is 7.50. The number of benzene rings is 3. The topological polar surface area (TPSA) is 49.4 Å². The average Bonchev–Trinajstić information content (AvgIpc) is 2.74. The third kappa shape index (κ3) is 5.62. The highest BCUT2D eigenvalue weighted by molar-refractivity contribution is 6.35. The van der Waals surface area contributed by atoms with Gasteiger partial charge in [0.25, 0.3) is 0 Å². The van der Waals surface area contributed by atoms with Crippen molar-refractivity contribution in [2.45, 2.75) is 26.1 Å². The first-order valence-electron chi connectivity index (χ1n) is 9.53. The Balaban J connectivity index is 1.87. The summed E-state index contributed by atoms with van der Waals surface area (Å²) in [6.45, 7) is 2.03. The van der Waals surface area contributed by atoms with E-state index in [1.807, 2.05) is 60.7 Å². The quantitative estimate of drug-likeness (QED) is 0.534. The minimum absolute atomic E-state index is 0.188. The lowest BCUT2D eigenvalue weighted by atomic mass is 10.0. The molecule has 0 aliphatic rings. The molecule has 1 N–H and O–H groups in total. The number of carbonyl (C=O) groups excluding carboxylic acids is 2. The molecule has 0 radical (unpaired) electrons. The maximum Gasteiger partial charge on any atom is 0.247 e. The fraction of sp³-hybridized carbons (Fsp3) is 0.167. The van der Waals surface area contributed by atoms with Crippen molar-refractivity contribution < 1.29 is 9.59 Å². The standard InChI is InChI=1S/C24H22Cl2N2O2/c1-17(29)28(16-18-8-4-2-5-9-18)23(19-10-6-3-7-11-19)24(30)27-15-20-12-13-21(25)14-22(20)26/h2-14,23H,15-16H2,1H3,(H,27,30). The van der Waals surface area contributed by atoms with Crippen LogP contribution in [0.15, 0.2) is 78.9 Å². The Morgan fingerprint density at radius 3 is 2.17 bits per heavy atom. The van der Waals surface area contributed by atoms with Crippen LogP contribution in [-0.2, 0) is 22.7 Å². The van der Waals surface area contributed by atoms with Crippen molar-refractivity contribution in [3.63, 3.8) is 0 Å². The molecule has 3 aromatic carbocycles. The largest absolute Gasteiger partial charge is 0.350 e. The molecule has 0 spiro atoms. The highest BCUT2D eigenvalue weighted by atomic mass is 35.5. The predicted octanol–water partition coefficient (Wildman–Crippen LogP) is 5.40. The average molecular weight is 441 g/mol. The van der Waals surface area contributed by atoms with Crippen LogP contribution in [0.4, 0.5) is 0 Å². The minimum Gasteiger partial charge on any atom is -0.350 e. The van der Waals surface area contributed by atoms with Gasteiger partial charge in [0, 0.05) is 30.1 Å². The molecule has 6 heteroatoms. The zero-order valence-corrected chi connectivity index (χ0v) is 18.0. The fourth-order valence-electron chi connectivity index (χ4n) is 3.22. The molecule has 0 fully saturated rings. The smallest absolute Gasteiger partial charge is 0.247 e. The maximum absolute atomic E-state index is 13.3. The van der Waals surface area contributed by atoms with Crippen molar-refractivity contribution in [1.82, 2.24) is 10.2 Å². The fourth-order valence-corrected chi connectivity index (χ4v) is 3.69. The normalized spacial score (nSPS) is 11.6. The zero-order chi connectivity index (χ0) is 21.5. The summed E-state index contributed by atoms with van der Waals surface area (Å²) in [5.41, 5.74) is 2.43. The lowest BCUT2D eigenvalue weighted by molar-refractivity contribution is -0.140. The van der Waals surface area contributed by atoms with E-state index in [0.717, 1.165) is 16.7 Å². The van der Waals surface area contributed by atoms with Crippen LogP contribution in [0.3, 0.4) is 0 Å². The summed E-state index contributed by atoms with van der Waals surface area (Å²) < 4.78 is 0. The Bertz CT molecular complexity index is 1010. The number of amides is 2. The SMILES string of the molecule is CC(=O)N(Cc1ccccc1)C(C(=O)NCc1ccc(Cl)cc1Cl)c1ccccc1. The van der Waals surface area contributed by atoms with Crippen LogP contribution in [-0.4, -0.2) is 16.7 Å². The van der Waals surface area contributed by atoms with Crippen molar-refractivity contribution in [3.05, 3.63) is 106 Å². The number of carbonyl (C=O) groups is 2. The molecular weight excluding hydrogens is 419 g/mol. The molecule has 0 heterocycles. The monoisotopic (exact) mass is 440 g/mol. The van der Waals surface area contributed by atoms with E-state index in [4.69, 9.17) is 23.2 Å². The van der Waals surface area contributed by atoms with Gasteiger partial charge in [-0.15, -0.1) is 0 Å². The Morgan fingerprint density at radius 1 is 0.933 bits per heavy atom. The summed E-state index contributed by atoms with van der Waals surface area (Å²) in [6, 6.07) is 23.2. The highest BCUT2D eigenvalue weighted by Crippen LogP contribution is 2.25. The van der Waals surface area contributed by atoms with Gasteiger partial charge in [-0.3, -0.25) is 9.59 Å². The van der Waals surface area contributed by atoms with Gasteiger partial charge in [-0.05, 0) is 28.8 Å². The molecule has 1 atom stereocenters. The zero-order valence-electron chi connectivity index (χ0n) is 16.5. The van der Waals surface area contributed by atoms with Gasteiger partial charge in [0.2, 0.25) is 11.8 Å². The Morgan fingerprint density at radius 2 is 1.57 bits per heavy atom. The van der Waals surface area contributed by atoms with Crippen molar-refractivity contribution in [2.24, 2.45) is 0 Å². The van der Waals surface area contributed by atoms with Crippen molar-refractivity contribution in [2.75, 3.05) is 0 Å². The third-order valence-corrected chi connectivity index (χ3v) is 5.33. The van der Waals surface area contributed by atoms with Gasteiger partial charge >= 0.3 is 0 Å². The molecule has 0 bridgehead atoms. The Labute approximate surface area is 186 Å². The lowest BCUT2D eigenvalue weighted by Crippen LogP contribution is -2.42. The summed E-state index contributed by atoms with van der Waals surface area (Å²) in [7, 11) is 0. The van der Waals surface area contributed by atoms with Crippen LogP contribution in [0.1, 0.15) is 29.7 Å². The van der Waals surface area contributed by atoms with E-state index in [-0.39, 0.29) is 18.4 Å². The number of hydrogen-bond donors (Lipinski definition) is 1. The van der Waals surface area contributed by atoms with Crippen LogP contribution in [0, 0.1) is 0 Å². The van der Waals surface area contributed by atoms with Gasteiger partial charge in [0.05, 0.1) is 0 Å². The van der Waals surface area contributed by atoms with Crippen LogP contribution in [0.5, 0.6) is 0 Å². The highest BCUT2D eigenvalue weighted by Gasteiger charge is 2.29. The first-order valence-corrected chi connectivity index (χ1v) is 10.3. The molecule has 4 nitrogen and oxygen atoms in total. The van der Waals surface area contributed by atoms with Crippen LogP contribution < -0.4 is 5.32 Å². The molecule has 0 saturated heterocycles. The number of nitrogens with zero attached hydrogens (tertiary/aromatic N) is 1. The van der Waals surface area contributed by atoms with Crippen LogP contribution in [0.2, 0.25) is 10.0 Å². The molecule has 3 aromatic rings. The van der Waals surface area contributed by atoms with Crippen molar-refractivity contribution in [3.8, 4) is 0 Å². The van der Waals surface area contributed by atoms with E-state index in [0.29, 0.717) is 16.6 Å². The lowest BCUT2D eigenvalue weighted by Gasteiger charge is -2.30. The molecule has 154 valence electrons. The van der Waals surface area contributed by atoms with Gasteiger partial charge in [0.1, 0.15) is 6.04 Å². The maximum atomic E-state index is 13.3. The molecule has 1 unspecified atom stereocenters. The molecule has 2 amide bonds. The molecule has 30 heavy (non-hydrogen) atoms. The van der Waals surface area contributed by atoms with E-state index in [1.54, 1.807) is 23.1 Å². The summed E-state index contributed by atoms with van der Waals surface area (Å²) in [4.78, 5) is 27.4. The number of hydrogen-bond acceptors (Lipinski definition) is 2. The first-order chi connectivity index (χ1) is 14.5. The predicted molar refractivity (Wildman–Crippen MR) is 120 cm³/mol. The van der Waals surface area contributed by atoms with E-state index in [2.05, 4.69) is 5.32 Å². The molecule has 0 aliphatic carbocycles. The van der Waals surface area contributed by atoms with Crippen molar-refractivity contribution >= 4 is 35.0 Å². The molecular formula is C24H22Cl2N2O2. The molecule has 3 rings (SSSR count). The van der Waals surface area contributed by atoms with Gasteiger partial charge in [-0.1, -0.05) is 89.9 Å². The van der Waals surface area contributed by atoms with Crippen LogP contribution >= 0.6 is 23.2 Å². The minimum atomic E-state index is -0.769. The van der Waals surface area contributed by atoms with E-state index >= 15 is 0 Å². The Hall–Kier alpha value is -2.82. The summed E-state index contributed by atoms with van der Waals surface area (Å²) in [5.74, 6) is -0.467. The van der Waals surface area contributed by atoms with E-state index < -0.39 is 6.04 Å². The number of nitrogens with one attached hydrogen (secondary N) is 1. The first kappa shape index (κ1) is 21.9. The second-order valence-corrected chi connectivity index (χ2v) is 7.74. The van der Waals surface area contributed by atoms with Crippen molar-refractivity contribution in [1.29, 1.82) is 0 Å². The second-order valence-electron chi connectivity index (χ2n) is 6.90. The summed E-state index contributed by atoms with van der Waals surface area (Å²) in [5, 5.41) is 3.93. The molecule has 0 saturated carbocycles. The van der Waals surface area contributed by atoms with Gasteiger partial charge in [-0.2, -0.15) is 0 Å². The van der Waals surface area contributed by atoms with Gasteiger partial charge < -0.3 is 10.2 Å². The van der Waals surface area contributed by atoms with E-state index in [1.165, 1.54) is 6.92 Å². The van der Waals surface area contributed by atoms with E-state index in [9.17, 15) is 9.59 Å². The van der Waals surface area contributed by atoms with Gasteiger partial charge in [0.15, 0.2) is 0 Å².